The van der Waals surface area contributed by atoms with E-state index >= 15 is 0 Å². The molecule has 3 aliphatic rings. The van der Waals surface area contributed by atoms with Gasteiger partial charge < -0.3 is 21.1 Å². The minimum absolute atomic E-state index is 0.0667. The Hall–Kier alpha value is -2.18. The number of anilines is 2. The number of nitrogens with zero attached hydrogens (tertiary/aromatic N) is 1. The van der Waals surface area contributed by atoms with E-state index in [4.69, 9.17) is 5.73 Å². The van der Waals surface area contributed by atoms with Crippen molar-refractivity contribution in [3.8, 4) is 5.75 Å². The molecule has 0 radical (unpaired) electrons. The van der Waals surface area contributed by atoms with E-state index in [0.717, 1.165) is 38.9 Å². The highest BCUT2D eigenvalue weighted by Gasteiger charge is 2.52. The summed E-state index contributed by atoms with van der Waals surface area (Å²) in [5, 5.41) is 13.2. The van der Waals surface area contributed by atoms with Crippen LogP contribution in [0.15, 0.2) is 41.3 Å². The Bertz CT molecular complexity index is 979. The molecular weight excluding hydrogens is 394 g/mol. The number of Topliss-reactive ketones (excluding diaryl/α,β-unsaturated/α-hetero) is 1. The van der Waals surface area contributed by atoms with Crippen LogP contribution in [0.4, 0.5) is 11.4 Å². The van der Waals surface area contributed by atoms with Gasteiger partial charge in [-0.25, -0.2) is 0 Å². The van der Waals surface area contributed by atoms with Crippen molar-refractivity contribution in [2.75, 3.05) is 36.0 Å². The number of fused-ring (bicyclic) bond motifs is 3. The first-order chi connectivity index (χ1) is 14.6. The van der Waals surface area contributed by atoms with Crippen molar-refractivity contribution in [1.82, 2.24) is 5.32 Å². The summed E-state index contributed by atoms with van der Waals surface area (Å²) in [5.74, 6) is 1.81. The summed E-state index contributed by atoms with van der Waals surface area (Å²) in [6.45, 7) is 3.14. The molecule has 0 amide bonds. The Labute approximate surface area is 182 Å². The smallest absolute Gasteiger partial charge is 0.164 e. The molecule has 2 aromatic rings. The highest BCUT2D eigenvalue weighted by Crippen LogP contribution is 2.56. The van der Waals surface area contributed by atoms with Crippen LogP contribution < -0.4 is 16.0 Å². The molecule has 4 N–H and O–H groups in total. The average molecular weight is 424 g/mol. The summed E-state index contributed by atoms with van der Waals surface area (Å²) < 4.78 is 0. The number of aromatic hydroxyl groups is 1. The van der Waals surface area contributed by atoms with Crippen LogP contribution in [-0.4, -0.2) is 41.8 Å². The number of carbonyl (C=O) groups is 1. The lowest BCUT2D eigenvalue weighted by Crippen LogP contribution is -2.56. The Morgan fingerprint density at radius 3 is 3.10 bits per heavy atom. The second-order valence-corrected chi connectivity index (χ2v) is 9.84. The van der Waals surface area contributed by atoms with Gasteiger partial charge in [0.15, 0.2) is 5.78 Å². The molecule has 0 aromatic heterocycles. The van der Waals surface area contributed by atoms with Crippen molar-refractivity contribution < 1.29 is 9.90 Å². The molecule has 6 heteroatoms. The topological polar surface area (TPSA) is 78.6 Å². The SMILES string of the molecule is Nc1cc(O)ccc1C(=O)CCC[C@]12CCNC[C@H]1c1cccc3c1N2CCCS3. The van der Waals surface area contributed by atoms with Crippen LogP contribution in [0.5, 0.6) is 5.75 Å². The van der Waals surface area contributed by atoms with E-state index in [-0.39, 0.29) is 17.1 Å². The normalized spacial score (nSPS) is 24.8. The van der Waals surface area contributed by atoms with Gasteiger partial charge in [-0.2, -0.15) is 0 Å². The number of nitrogens with two attached hydrogens (primary N) is 1. The number of phenolic OH excluding ortho intramolecular Hbond substituents is 1. The molecule has 30 heavy (non-hydrogen) atoms. The van der Waals surface area contributed by atoms with E-state index in [1.807, 2.05) is 11.8 Å². The van der Waals surface area contributed by atoms with E-state index < -0.39 is 0 Å². The van der Waals surface area contributed by atoms with Crippen LogP contribution in [0, 0.1) is 0 Å². The van der Waals surface area contributed by atoms with Crippen molar-refractivity contribution in [2.24, 2.45) is 0 Å². The lowest BCUT2D eigenvalue weighted by Gasteiger charge is -2.47. The average Bonchev–Trinajstić information content (AvgIpc) is 2.86. The van der Waals surface area contributed by atoms with Crippen LogP contribution in [0.1, 0.15) is 53.9 Å². The first kappa shape index (κ1) is 19.8. The standard InChI is InChI=1S/C24H29N3O2S/c25-20-14-16(28)7-8-18(20)21(29)5-2-9-24-10-11-26-15-19(24)17-4-1-6-22-23(17)27(24)12-3-13-30-22/h1,4,6-8,14,19,26,28H,2-3,5,9-13,15,25H2/t19-,24-/m0/s1. The summed E-state index contributed by atoms with van der Waals surface area (Å²) in [6.07, 6.45) is 4.67. The number of nitrogen functional groups attached to an aromatic ring is 1. The second-order valence-electron chi connectivity index (χ2n) is 8.71. The van der Waals surface area contributed by atoms with Crippen molar-refractivity contribution in [3.05, 3.63) is 47.5 Å². The zero-order valence-electron chi connectivity index (χ0n) is 17.2. The predicted octanol–water partition coefficient (Wildman–Crippen LogP) is 4.16. The van der Waals surface area contributed by atoms with E-state index in [1.54, 1.807) is 6.07 Å². The first-order valence-electron chi connectivity index (χ1n) is 11.0. The fourth-order valence-electron chi connectivity index (χ4n) is 5.75. The van der Waals surface area contributed by atoms with Crippen LogP contribution in [0.25, 0.3) is 0 Å². The summed E-state index contributed by atoms with van der Waals surface area (Å²) >= 11 is 1.99. The molecular formula is C24H29N3O2S. The van der Waals surface area contributed by atoms with Crippen molar-refractivity contribution in [1.29, 1.82) is 0 Å². The van der Waals surface area contributed by atoms with E-state index in [1.165, 1.54) is 40.5 Å². The Morgan fingerprint density at radius 2 is 2.23 bits per heavy atom. The molecule has 5 rings (SSSR count). The fourth-order valence-corrected chi connectivity index (χ4v) is 6.79. The molecule has 3 heterocycles. The van der Waals surface area contributed by atoms with Gasteiger partial charge in [-0.05, 0) is 61.7 Å². The minimum Gasteiger partial charge on any atom is -0.508 e. The molecule has 5 nitrogen and oxygen atoms in total. The van der Waals surface area contributed by atoms with Gasteiger partial charge in [-0.3, -0.25) is 4.79 Å². The molecule has 158 valence electrons. The van der Waals surface area contributed by atoms with Gasteiger partial charge in [0.1, 0.15) is 5.75 Å². The predicted molar refractivity (Wildman–Crippen MR) is 123 cm³/mol. The van der Waals surface area contributed by atoms with E-state index in [2.05, 4.69) is 28.4 Å². The minimum atomic E-state index is 0.0667. The second kappa shape index (κ2) is 7.82. The Balaban J connectivity index is 1.39. The maximum absolute atomic E-state index is 12.8. The Kier molecular flexibility index (Phi) is 5.15. The van der Waals surface area contributed by atoms with Gasteiger partial charge in [0.05, 0.1) is 5.69 Å². The lowest BCUT2D eigenvalue weighted by molar-refractivity contribution is 0.0975. The van der Waals surface area contributed by atoms with Crippen molar-refractivity contribution in [3.63, 3.8) is 0 Å². The number of rotatable bonds is 5. The number of ketones is 1. The zero-order chi connectivity index (χ0) is 20.7. The maximum atomic E-state index is 12.8. The summed E-state index contributed by atoms with van der Waals surface area (Å²) in [6, 6.07) is 11.4. The van der Waals surface area contributed by atoms with Crippen LogP contribution in [-0.2, 0) is 0 Å². The molecule has 0 aliphatic carbocycles. The summed E-state index contributed by atoms with van der Waals surface area (Å²) in [5.41, 5.74) is 9.91. The van der Waals surface area contributed by atoms with Crippen LogP contribution >= 0.6 is 11.8 Å². The van der Waals surface area contributed by atoms with Gasteiger partial charge in [0, 0.05) is 53.2 Å². The highest BCUT2D eigenvalue weighted by atomic mass is 32.2. The van der Waals surface area contributed by atoms with Crippen LogP contribution in [0.2, 0.25) is 0 Å². The molecule has 2 aromatic carbocycles. The molecule has 2 atom stereocenters. The van der Waals surface area contributed by atoms with Crippen LogP contribution in [0.3, 0.4) is 0 Å². The van der Waals surface area contributed by atoms with Crippen molar-refractivity contribution >= 4 is 28.9 Å². The zero-order valence-corrected chi connectivity index (χ0v) is 18.0. The quantitative estimate of drug-likeness (QED) is 0.495. The number of hydrogen-bond donors (Lipinski definition) is 3. The van der Waals surface area contributed by atoms with Gasteiger partial charge in [0.25, 0.3) is 0 Å². The number of carbonyl (C=O) groups excluding carboxylic acids is 1. The number of nitrogens with one attached hydrogen (secondary N) is 1. The largest absolute Gasteiger partial charge is 0.508 e. The van der Waals surface area contributed by atoms with Gasteiger partial charge in [-0.1, -0.05) is 12.1 Å². The molecule has 1 fully saturated rings. The van der Waals surface area contributed by atoms with E-state index in [9.17, 15) is 9.90 Å². The highest BCUT2D eigenvalue weighted by molar-refractivity contribution is 7.99. The van der Waals surface area contributed by atoms with Gasteiger partial charge >= 0.3 is 0 Å². The number of phenols is 1. The summed E-state index contributed by atoms with van der Waals surface area (Å²) in [7, 11) is 0. The lowest BCUT2D eigenvalue weighted by atomic mass is 9.73. The Morgan fingerprint density at radius 1 is 1.33 bits per heavy atom. The number of piperidine rings is 1. The van der Waals surface area contributed by atoms with Gasteiger partial charge in [0.2, 0.25) is 0 Å². The third-order valence-corrected chi connectivity index (χ3v) is 8.21. The molecule has 0 spiro atoms. The number of benzene rings is 2. The number of hydrogen-bond acceptors (Lipinski definition) is 6. The third kappa shape index (κ3) is 3.17. The van der Waals surface area contributed by atoms with E-state index in [0.29, 0.717) is 23.6 Å². The molecule has 0 unspecified atom stereocenters. The summed E-state index contributed by atoms with van der Waals surface area (Å²) in [4.78, 5) is 16.9. The third-order valence-electron chi connectivity index (χ3n) is 7.08. The molecule has 0 bridgehead atoms. The monoisotopic (exact) mass is 423 g/mol. The molecule has 0 saturated carbocycles. The number of thioether (sulfide) groups is 1. The van der Waals surface area contributed by atoms with Crippen molar-refractivity contribution in [2.45, 2.75) is 48.5 Å². The van der Waals surface area contributed by atoms with Gasteiger partial charge in [-0.15, -0.1) is 11.8 Å². The molecule has 3 aliphatic heterocycles. The fraction of sp³-hybridized carbons (Fsp3) is 0.458. The molecule has 1 saturated heterocycles. The number of para-hydroxylation sites is 1. The first-order valence-corrected chi connectivity index (χ1v) is 11.9. The maximum Gasteiger partial charge on any atom is 0.164 e.